The molecular weight excluding hydrogens is 579 g/mol. The molecule has 0 aliphatic heterocycles. The van der Waals surface area contributed by atoms with Crippen LogP contribution in [0.4, 0.5) is 5.69 Å². The predicted octanol–water partition coefficient (Wildman–Crippen LogP) is 6.66. The summed E-state index contributed by atoms with van der Waals surface area (Å²) in [5, 5.41) is 8.67. The minimum absolute atomic E-state index is 0.246. The number of rotatable bonds is 6. The first-order valence-electron chi connectivity index (χ1n) is 11.3. The lowest BCUT2D eigenvalue weighted by atomic mass is 9.95. The molecule has 0 atom stereocenters. The van der Waals surface area contributed by atoms with Crippen molar-refractivity contribution in [3.63, 3.8) is 0 Å². The van der Waals surface area contributed by atoms with E-state index < -0.39 is 5.41 Å². The molecule has 0 fully saturated rings. The highest BCUT2D eigenvalue weighted by Crippen LogP contribution is 2.25. The summed E-state index contributed by atoms with van der Waals surface area (Å²) in [6, 6.07) is 17.0. The number of benzene rings is 3. The Morgan fingerprint density at radius 3 is 2.49 bits per heavy atom. The van der Waals surface area contributed by atoms with Gasteiger partial charge in [0.1, 0.15) is 11.6 Å². The van der Waals surface area contributed by atoms with Crippen molar-refractivity contribution in [2.75, 3.05) is 11.9 Å². The van der Waals surface area contributed by atoms with Crippen LogP contribution in [0.15, 0.2) is 75.0 Å². The predicted molar refractivity (Wildman–Crippen MR) is 152 cm³/mol. The summed E-state index contributed by atoms with van der Waals surface area (Å²) in [5.74, 6) is 0.521. The maximum atomic E-state index is 13.4. The summed E-state index contributed by atoms with van der Waals surface area (Å²) < 4.78 is 7.80. The fourth-order valence-corrected chi connectivity index (χ4v) is 4.15. The second kappa shape index (κ2) is 11.0. The third kappa shape index (κ3) is 6.57. The summed E-state index contributed by atoms with van der Waals surface area (Å²) in [6.45, 7) is 5.62. The second-order valence-corrected chi connectivity index (χ2v) is 11.0. The van der Waals surface area contributed by atoms with E-state index in [1.807, 2.05) is 26.8 Å². The molecule has 7 nitrogen and oxygen atoms in total. The van der Waals surface area contributed by atoms with Crippen LogP contribution in [0.2, 0.25) is 10.0 Å². The number of ether oxygens (including phenoxy) is 1. The third-order valence-corrected chi connectivity index (χ3v) is 6.23. The van der Waals surface area contributed by atoms with Gasteiger partial charge in [-0.2, -0.15) is 9.78 Å². The lowest BCUT2D eigenvalue weighted by molar-refractivity contribution is -0.118. The van der Waals surface area contributed by atoms with E-state index in [9.17, 15) is 9.59 Å². The van der Waals surface area contributed by atoms with Crippen molar-refractivity contribution < 1.29 is 9.53 Å². The molecule has 0 bridgehead atoms. The van der Waals surface area contributed by atoms with E-state index in [-0.39, 0.29) is 18.1 Å². The van der Waals surface area contributed by atoms with Gasteiger partial charge >= 0.3 is 0 Å². The Kier molecular flexibility index (Phi) is 8.02. The maximum absolute atomic E-state index is 13.4. The highest BCUT2D eigenvalue weighted by atomic mass is 79.9. The molecule has 1 heterocycles. The molecule has 0 saturated carbocycles. The first kappa shape index (κ1) is 26.9. The second-order valence-electron chi connectivity index (χ2n) is 9.23. The number of aromatic nitrogens is 2. The number of halogens is 3. The lowest BCUT2D eigenvalue weighted by Gasteiger charge is -2.21. The Morgan fingerprint density at radius 1 is 1.08 bits per heavy atom. The van der Waals surface area contributed by atoms with Crippen LogP contribution in [0, 0.1) is 0 Å². The van der Waals surface area contributed by atoms with E-state index in [4.69, 9.17) is 32.9 Å². The minimum atomic E-state index is -0.467. The zero-order valence-corrected chi connectivity index (χ0v) is 23.4. The molecule has 10 heteroatoms. The Hall–Kier alpha value is -3.20. The van der Waals surface area contributed by atoms with Gasteiger partial charge in [-0.3, -0.25) is 9.59 Å². The Labute approximate surface area is 232 Å². The van der Waals surface area contributed by atoms with Crippen LogP contribution in [0.5, 0.6) is 5.75 Å². The lowest BCUT2D eigenvalue weighted by Crippen LogP contribution is -2.29. The molecule has 190 valence electrons. The molecule has 4 aromatic rings. The van der Waals surface area contributed by atoms with Gasteiger partial charge in [-0.25, -0.2) is 4.98 Å². The topological polar surface area (TPSA) is 85.6 Å². The summed E-state index contributed by atoms with van der Waals surface area (Å²) in [7, 11) is 0. The van der Waals surface area contributed by atoms with Gasteiger partial charge in [0.15, 0.2) is 6.61 Å². The van der Waals surface area contributed by atoms with Gasteiger partial charge in [0, 0.05) is 31.2 Å². The first-order valence-corrected chi connectivity index (χ1v) is 12.8. The Balaban J connectivity index is 1.64. The SMILES string of the molecule is CC(C)(C)c1nc2ccc(Br)cc2c(=O)n1N=Cc1cc(Cl)ccc1OCC(=O)Nc1ccc(Cl)cc1. The normalized spacial score (nSPS) is 11.7. The molecule has 0 aliphatic carbocycles. The van der Waals surface area contributed by atoms with Crippen LogP contribution in [-0.2, 0) is 10.2 Å². The number of anilines is 1. The van der Waals surface area contributed by atoms with E-state index in [1.54, 1.807) is 54.6 Å². The van der Waals surface area contributed by atoms with Gasteiger partial charge < -0.3 is 10.1 Å². The highest BCUT2D eigenvalue weighted by Gasteiger charge is 2.23. The van der Waals surface area contributed by atoms with Gasteiger partial charge in [0.2, 0.25) is 0 Å². The molecule has 0 spiro atoms. The van der Waals surface area contributed by atoms with Gasteiger partial charge in [-0.15, -0.1) is 0 Å². The number of hydrogen-bond acceptors (Lipinski definition) is 5. The molecule has 37 heavy (non-hydrogen) atoms. The molecule has 0 aliphatic rings. The molecule has 0 unspecified atom stereocenters. The van der Waals surface area contributed by atoms with E-state index >= 15 is 0 Å². The van der Waals surface area contributed by atoms with Crippen molar-refractivity contribution in [1.82, 2.24) is 9.66 Å². The molecule has 1 amide bonds. The third-order valence-electron chi connectivity index (χ3n) is 5.25. The minimum Gasteiger partial charge on any atom is -0.483 e. The smallest absolute Gasteiger partial charge is 0.282 e. The van der Waals surface area contributed by atoms with Crippen LogP contribution in [0.3, 0.4) is 0 Å². The number of hydrogen-bond donors (Lipinski definition) is 1. The highest BCUT2D eigenvalue weighted by molar-refractivity contribution is 9.10. The zero-order chi connectivity index (χ0) is 26.7. The van der Waals surface area contributed by atoms with Crippen molar-refractivity contribution in [2.24, 2.45) is 5.10 Å². The number of amides is 1. The fraction of sp³-hybridized carbons (Fsp3) is 0.185. The van der Waals surface area contributed by atoms with Crippen molar-refractivity contribution >= 4 is 67.8 Å². The maximum Gasteiger partial charge on any atom is 0.282 e. The number of carbonyl (C=O) groups is 1. The van der Waals surface area contributed by atoms with Gasteiger partial charge in [0.25, 0.3) is 11.5 Å². The summed E-state index contributed by atoms with van der Waals surface area (Å²) in [4.78, 5) is 30.5. The quantitative estimate of drug-likeness (QED) is 0.250. The van der Waals surface area contributed by atoms with E-state index in [2.05, 4.69) is 26.3 Å². The molecule has 0 saturated heterocycles. The Bertz CT molecular complexity index is 1560. The van der Waals surface area contributed by atoms with Crippen LogP contribution in [-0.4, -0.2) is 28.4 Å². The fourth-order valence-electron chi connectivity index (χ4n) is 3.49. The van der Waals surface area contributed by atoms with Crippen molar-refractivity contribution in [2.45, 2.75) is 26.2 Å². The van der Waals surface area contributed by atoms with Crippen LogP contribution >= 0.6 is 39.1 Å². The van der Waals surface area contributed by atoms with Crippen molar-refractivity contribution in [3.8, 4) is 5.75 Å². The number of fused-ring (bicyclic) bond motifs is 1. The molecule has 1 aromatic heterocycles. The standard InChI is InChI=1S/C27H23BrCl2N4O3/c1-27(2,3)26-33-22-10-4-17(28)13-21(22)25(36)34(26)31-14-16-12-19(30)7-11-23(16)37-15-24(35)32-20-8-5-18(29)6-9-20/h4-14H,15H2,1-3H3,(H,32,35). The van der Waals surface area contributed by atoms with E-state index in [1.165, 1.54) is 10.9 Å². The monoisotopic (exact) mass is 600 g/mol. The number of nitrogens with one attached hydrogen (secondary N) is 1. The molecule has 4 rings (SSSR count). The summed E-state index contributed by atoms with van der Waals surface area (Å²) in [5.41, 5.74) is 0.904. The zero-order valence-electron chi connectivity index (χ0n) is 20.3. The molecule has 0 radical (unpaired) electrons. The largest absolute Gasteiger partial charge is 0.483 e. The molecule has 3 aromatic carbocycles. The first-order chi connectivity index (χ1) is 17.5. The van der Waals surface area contributed by atoms with Crippen LogP contribution < -0.4 is 15.6 Å². The summed E-state index contributed by atoms with van der Waals surface area (Å²) in [6.07, 6.45) is 1.47. The van der Waals surface area contributed by atoms with E-state index in [0.717, 1.165) is 4.47 Å². The van der Waals surface area contributed by atoms with Crippen LogP contribution in [0.25, 0.3) is 10.9 Å². The molecule has 1 N–H and O–H groups in total. The van der Waals surface area contributed by atoms with Gasteiger partial charge in [-0.05, 0) is 60.7 Å². The average molecular weight is 602 g/mol. The molecular formula is C27H23BrCl2N4O3. The van der Waals surface area contributed by atoms with Gasteiger partial charge in [0.05, 0.1) is 17.1 Å². The number of carbonyl (C=O) groups excluding carboxylic acids is 1. The number of nitrogens with zero attached hydrogens (tertiary/aromatic N) is 3. The van der Waals surface area contributed by atoms with Crippen molar-refractivity contribution in [1.29, 1.82) is 0 Å². The van der Waals surface area contributed by atoms with Gasteiger partial charge in [-0.1, -0.05) is 59.9 Å². The average Bonchev–Trinajstić information content (AvgIpc) is 2.84. The summed E-state index contributed by atoms with van der Waals surface area (Å²) >= 11 is 15.5. The van der Waals surface area contributed by atoms with Crippen molar-refractivity contribution in [3.05, 3.63) is 96.9 Å². The van der Waals surface area contributed by atoms with Crippen LogP contribution in [0.1, 0.15) is 32.2 Å². The van der Waals surface area contributed by atoms with E-state index in [0.29, 0.717) is 43.8 Å². The Morgan fingerprint density at radius 2 is 1.78 bits per heavy atom.